The van der Waals surface area contributed by atoms with Crippen LogP contribution in [0.15, 0.2) is 24.5 Å². The van der Waals surface area contributed by atoms with Gasteiger partial charge in [0.05, 0.1) is 4.88 Å². The van der Waals surface area contributed by atoms with Crippen LogP contribution in [0.5, 0.6) is 5.88 Å². The van der Waals surface area contributed by atoms with Crippen LogP contribution < -0.4 is 0 Å². The Morgan fingerprint density at radius 2 is 2.20 bits per heavy atom. The van der Waals surface area contributed by atoms with E-state index in [9.17, 15) is 5.11 Å². The zero-order valence-electron chi connectivity index (χ0n) is 8.64. The van der Waals surface area contributed by atoms with Gasteiger partial charge in [-0.2, -0.15) is 0 Å². The lowest BCUT2D eigenvalue weighted by atomic mass is 10.2. The lowest BCUT2D eigenvalue weighted by molar-refractivity contribution is 0.449. The van der Waals surface area contributed by atoms with Crippen LogP contribution in [0.2, 0.25) is 0 Å². The lowest BCUT2D eigenvalue weighted by Gasteiger charge is -1.97. The molecule has 15 heavy (non-hydrogen) atoms. The first kappa shape index (κ1) is 10.1. The molecule has 0 fully saturated rings. The minimum atomic E-state index is 0.147. The summed E-state index contributed by atoms with van der Waals surface area (Å²) in [7, 11) is 0. The fraction of sp³-hybridized carbons (Fsp3) is 0.273. The normalized spacial score (nSPS) is 10.9. The maximum absolute atomic E-state index is 9.64. The Hall–Kier alpha value is -1.42. The van der Waals surface area contributed by atoms with E-state index in [1.165, 1.54) is 11.3 Å². The average Bonchev–Trinajstić information content (AvgIpc) is 2.62. The molecule has 4 heteroatoms. The van der Waals surface area contributed by atoms with Crippen LogP contribution in [-0.4, -0.2) is 15.1 Å². The van der Waals surface area contributed by atoms with Gasteiger partial charge in [-0.15, -0.1) is 11.3 Å². The molecular weight excluding hydrogens is 208 g/mol. The van der Waals surface area contributed by atoms with Crippen LogP contribution in [0.1, 0.15) is 24.6 Å². The third-order valence-electron chi connectivity index (χ3n) is 2.07. The highest BCUT2D eigenvalue weighted by atomic mass is 32.1. The largest absolute Gasteiger partial charge is 0.492 e. The van der Waals surface area contributed by atoms with Crippen molar-refractivity contribution in [1.29, 1.82) is 0 Å². The molecule has 2 heterocycles. The molecule has 0 saturated carbocycles. The van der Waals surface area contributed by atoms with Crippen molar-refractivity contribution in [2.75, 3.05) is 0 Å². The van der Waals surface area contributed by atoms with Crippen molar-refractivity contribution in [1.82, 2.24) is 9.97 Å². The van der Waals surface area contributed by atoms with Gasteiger partial charge in [-0.05, 0) is 18.1 Å². The van der Waals surface area contributed by atoms with E-state index < -0.39 is 0 Å². The molecule has 2 rings (SSSR count). The third kappa shape index (κ3) is 1.99. The number of rotatable bonds is 2. The summed E-state index contributed by atoms with van der Waals surface area (Å²) in [6, 6.07) is 3.80. The average molecular weight is 220 g/mol. The van der Waals surface area contributed by atoms with E-state index in [-0.39, 0.29) is 5.88 Å². The fourth-order valence-electron chi connectivity index (χ4n) is 1.31. The van der Waals surface area contributed by atoms with Gasteiger partial charge in [0.15, 0.2) is 0 Å². The van der Waals surface area contributed by atoms with E-state index in [0.29, 0.717) is 5.92 Å². The van der Waals surface area contributed by atoms with Crippen molar-refractivity contribution in [3.8, 4) is 16.5 Å². The van der Waals surface area contributed by atoms with E-state index in [2.05, 4.69) is 9.97 Å². The number of thiazole rings is 1. The van der Waals surface area contributed by atoms with Crippen molar-refractivity contribution >= 4 is 11.3 Å². The molecule has 0 aliphatic carbocycles. The van der Waals surface area contributed by atoms with Crippen molar-refractivity contribution < 1.29 is 5.11 Å². The molecule has 1 N–H and O–H groups in total. The first-order valence-corrected chi connectivity index (χ1v) is 5.60. The Balaban J connectivity index is 2.43. The summed E-state index contributed by atoms with van der Waals surface area (Å²) < 4.78 is 0. The predicted octanol–water partition coefficient (Wildman–Crippen LogP) is 3.03. The van der Waals surface area contributed by atoms with E-state index in [1.807, 2.05) is 26.0 Å². The van der Waals surface area contributed by atoms with E-state index in [4.69, 9.17) is 0 Å². The molecule has 0 radical (unpaired) electrons. The summed E-state index contributed by atoms with van der Waals surface area (Å²) in [5.41, 5.74) is 0.949. The first-order chi connectivity index (χ1) is 7.18. The highest BCUT2D eigenvalue weighted by molar-refractivity contribution is 7.15. The summed E-state index contributed by atoms with van der Waals surface area (Å²) in [5, 5.41) is 10.5. The molecule has 2 aromatic rings. The van der Waals surface area contributed by atoms with Crippen LogP contribution in [0.3, 0.4) is 0 Å². The van der Waals surface area contributed by atoms with E-state index >= 15 is 0 Å². The topological polar surface area (TPSA) is 46.0 Å². The molecule has 0 unspecified atom stereocenters. The molecule has 0 atom stereocenters. The van der Waals surface area contributed by atoms with Gasteiger partial charge in [0.25, 0.3) is 0 Å². The van der Waals surface area contributed by atoms with Crippen LogP contribution in [0.25, 0.3) is 10.6 Å². The minimum Gasteiger partial charge on any atom is -0.492 e. The van der Waals surface area contributed by atoms with Gasteiger partial charge >= 0.3 is 0 Å². The lowest BCUT2D eigenvalue weighted by Crippen LogP contribution is -1.80. The van der Waals surface area contributed by atoms with Crippen LogP contribution in [-0.2, 0) is 0 Å². The summed E-state index contributed by atoms with van der Waals surface area (Å²) >= 11 is 1.52. The number of pyridine rings is 1. The molecule has 3 nitrogen and oxygen atoms in total. The summed E-state index contributed by atoms with van der Waals surface area (Å²) in [6.45, 7) is 4.08. The summed E-state index contributed by atoms with van der Waals surface area (Å²) in [4.78, 5) is 9.09. The number of aromatic hydroxyl groups is 1. The highest BCUT2D eigenvalue weighted by Gasteiger charge is 2.14. The van der Waals surface area contributed by atoms with Gasteiger partial charge in [0, 0.05) is 18.0 Å². The molecular formula is C11H12N2OS. The Bertz CT molecular complexity index is 451. The highest BCUT2D eigenvalue weighted by Crippen LogP contribution is 2.35. The van der Waals surface area contributed by atoms with Crippen LogP contribution in [0.4, 0.5) is 0 Å². The molecule has 0 spiro atoms. The molecule has 0 bridgehead atoms. The van der Waals surface area contributed by atoms with Crippen molar-refractivity contribution in [3.05, 3.63) is 29.4 Å². The molecule has 0 aromatic carbocycles. The smallest absolute Gasteiger partial charge is 0.226 e. The van der Waals surface area contributed by atoms with E-state index in [1.54, 1.807) is 12.4 Å². The van der Waals surface area contributed by atoms with Crippen LogP contribution in [0, 0.1) is 0 Å². The standard InChI is InChI=1S/C11H12N2OS/c1-7(2)9-10(14)13-11(15-9)8-4-3-5-12-6-8/h3-7,14H,1-2H3. The zero-order valence-corrected chi connectivity index (χ0v) is 9.45. The Morgan fingerprint density at radius 3 is 2.73 bits per heavy atom. The molecule has 0 aliphatic heterocycles. The fourth-order valence-corrected chi connectivity index (χ4v) is 2.26. The van der Waals surface area contributed by atoms with Gasteiger partial charge in [-0.25, -0.2) is 4.98 Å². The second kappa shape index (κ2) is 3.98. The number of aromatic nitrogens is 2. The first-order valence-electron chi connectivity index (χ1n) is 4.78. The molecule has 0 saturated heterocycles. The van der Waals surface area contributed by atoms with Gasteiger partial charge in [0.2, 0.25) is 5.88 Å². The van der Waals surface area contributed by atoms with Crippen molar-refractivity contribution in [2.24, 2.45) is 0 Å². The second-order valence-corrected chi connectivity index (χ2v) is 4.63. The number of nitrogens with zero attached hydrogens (tertiary/aromatic N) is 2. The van der Waals surface area contributed by atoms with Crippen LogP contribution >= 0.6 is 11.3 Å². The van der Waals surface area contributed by atoms with Gasteiger partial charge in [-0.1, -0.05) is 13.8 Å². The van der Waals surface area contributed by atoms with Gasteiger partial charge in [0.1, 0.15) is 5.01 Å². The predicted molar refractivity (Wildman–Crippen MR) is 61.1 cm³/mol. The Kier molecular flexibility index (Phi) is 2.68. The quantitative estimate of drug-likeness (QED) is 0.846. The van der Waals surface area contributed by atoms with Crippen molar-refractivity contribution in [3.63, 3.8) is 0 Å². The number of hydrogen-bond acceptors (Lipinski definition) is 4. The Labute approximate surface area is 92.5 Å². The molecule has 78 valence electrons. The minimum absolute atomic E-state index is 0.147. The zero-order chi connectivity index (χ0) is 10.8. The maximum atomic E-state index is 9.64. The monoisotopic (exact) mass is 220 g/mol. The molecule has 2 aromatic heterocycles. The van der Waals surface area contributed by atoms with Gasteiger partial charge in [-0.3, -0.25) is 4.98 Å². The number of hydrogen-bond donors (Lipinski definition) is 1. The van der Waals surface area contributed by atoms with Gasteiger partial charge < -0.3 is 5.11 Å². The summed E-state index contributed by atoms with van der Waals surface area (Å²) in [6.07, 6.45) is 3.47. The maximum Gasteiger partial charge on any atom is 0.226 e. The SMILES string of the molecule is CC(C)c1sc(-c2cccnc2)nc1O. The second-order valence-electron chi connectivity index (χ2n) is 3.60. The van der Waals surface area contributed by atoms with Crippen molar-refractivity contribution in [2.45, 2.75) is 19.8 Å². The van der Waals surface area contributed by atoms with E-state index in [0.717, 1.165) is 15.4 Å². The third-order valence-corrected chi connectivity index (χ3v) is 3.46. The molecule has 0 amide bonds. The molecule has 0 aliphatic rings. The summed E-state index contributed by atoms with van der Waals surface area (Å²) in [5.74, 6) is 0.446. The Morgan fingerprint density at radius 1 is 1.40 bits per heavy atom.